The smallest absolute Gasteiger partial charge is 0.224 e. The first-order chi connectivity index (χ1) is 11.1. The molecule has 2 aromatic carbocycles. The summed E-state index contributed by atoms with van der Waals surface area (Å²) in [5, 5.41) is 14.2. The molecule has 0 radical (unpaired) electrons. The van der Waals surface area contributed by atoms with Crippen molar-refractivity contribution >= 4 is 23.2 Å². The number of hydrogen-bond donors (Lipinski definition) is 2. The Morgan fingerprint density at radius 1 is 1.04 bits per heavy atom. The SMILES string of the molecule is CC(=O)Nc1cccc(NC(=O)CCc2ccc(C#N)cc2)c1. The molecular formula is C18H17N3O2. The second-order valence-electron chi connectivity index (χ2n) is 5.12. The lowest BCUT2D eigenvalue weighted by Crippen LogP contribution is -2.13. The van der Waals surface area contributed by atoms with Crippen LogP contribution in [-0.4, -0.2) is 11.8 Å². The van der Waals surface area contributed by atoms with Crippen molar-refractivity contribution in [2.45, 2.75) is 19.8 Å². The van der Waals surface area contributed by atoms with Crippen molar-refractivity contribution in [1.82, 2.24) is 0 Å². The molecule has 116 valence electrons. The van der Waals surface area contributed by atoms with Crippen LogP contribution in [0.3, 0.4) is 0 Å². The van der Waals surface area contributed by atoms with Gasteiger partial charge in [-0.1, -0.05) is 18.2 Å². The van der Waals surface area contributed by atoms with Gasteiger partial charge < -0.3 is 10.6 Å². The number of nitrogens with one attached hydrogen (secondary N) is 2. The van der Waals surface area contributed by atoms with Gasteiger partial charge in [0.15, 0.2) is 0 Å². The predicted octanol–water partition coefficient (Wildman–Crippen LogP) is 3.09. The normalized spacial score (nSPS) is 9.74. The number of aryl methyl sites for hydroxylation is 1. The number of benzene rings is 2. The Bertz CT molecular complexity index is 746. The molecule has 0 aliphatic rings. The van der Waals surface area contributed by atoms with Crippen LogP contribution in [0.5, 0.6) is 0 Å². The lowest BCUT2D eigenvalue weighted by molar-refractivity contribution is -0.116. The minimum Gasteiger partial charge on any atom is -0.326 e. The number of rotatable bonds is 5. The molecule has 0 aromatic heterocycles. The number of carbonyl (C=O) groups excluding carboxylic acids is 2. The van der Waals surface area contributed by atoms with Gasteiger partial charge in [0.05, 0.1) is 11.6 Å². The van der Waals surface area contributed by atoms with E-state index < -0.39 is 0 Å². The van der Waals surface area contributed by atoms with Crippen LogP contribution in [-0.2, 0) is 16.0 Å². The van der Waals surface area contributed by atoms with Crippen LogP contribution < -0.4 is 10.6 Å². The maximum Gasteiger partial charge on any atom is 0.224 e. The zero-order valence-electron chi connectivity index (χ0n) is 12.8. The van der Waals surface area contributed by atoms with Crippen molar-refractivity contribution in [3.05, 3.63) is 59.7 Å². The highest BCUT2D eigenvalue weighted by molar-refractivity contribution is 5.93. The maximum absolute atomic E-state index is 12.0. The van der Waals surface area contributed by atoms with Crippen LogP contribution in [0, 0.1) is 11.3 Å². The number of amides is 2. The van der Waals surface area contributed by atoms with Crippen LogP contribution in [0.15, 0.2) is 48.5 Å². The Balaban J connectivity index is 1.89. The third-order valence-electron chi connectivity index (χ3n) is 3.19. The Kier molecular flexibility index (Phi) is 5.48. The first kappa shape index (κ1) is 16.2. The van der Waals surface area contributed by atoms with E-state index in [-0.39, 0.29) is 11.8 Å². The van der Waals surface area contributed by atoms with Gasteiger partial charge in [-0.3, -0.25) is 9.59 Å². The van der Waals surface area contributed by atoms with Gasteiger partial charge in [-0.25, -0.2) is 0 Å². The maximum atomic E-state index is 12.0. The van der Waals surface area contributed by atoms with E-state index in [1.165, 1.54) is 6.92 Å². The van der Waals surface area contributed by atoms with Gasteiger partial charge in [-0.05, 0) is 42.3 Å². The molecule has 2 N–H and O–H groups in total. The minimum absolute atomic E-state index is 0.102. The number of carbonyl (C=O) groups is 2. The molecule has 5 heteroatoms. The van der Waals surface area contributed by atoms with Gasteiger partial charge in [0.2, 0.25) is 11.8 Å². The standard InChI is InChI=1S/C18H17N3O2/c1-13(22)20-16-3-2-4-17(11-16)21-18(23)10-9-14-5-7-15(12-19)8-6-14/h2-8,11H,9-10H2,1H3,(H,20,22)(H,21,23). The fraction of sp³-hybridized carbons (Fsp3) is 0.167. The number of hydrogen-bond acceptors (Lipinski definition) is 3. The van der Waals surface area contributed by atoms with E-state index in [0.717, 1.165) is 5.56 Å². The summed E-state index contributed by atoms with van der Waals surface area (Å²) in [4.78, 5) is 23.0. The van der Waals surface area contributed by atoms with Crippen molar-refractivity contribution in [3.63, 3.8) is 0 Å². The molecule has 23 heavy (non-hydrogen) atoms. The number of nitriles is 1. The zero-order chi connectivity index (χ0) is 16.7. The Morgan fingerprint density at radius 2 is 1.70 bits per heavy atom. The summed E-state index contributed by atoms with van der Waals surface area (Å²) >= 11 is 0. The average Bonchev–Trinajstić information content (AvgIpc) is 2.53. The lowest BCUT2D eigenvalue weighted by Gasteiger charge is -2.08. The van der Waals surface area contributed by atoms with E-state index >= 15 is 0 Å². The summed E-state index contributed by atoms with van der Waals surface area (Å²) in [6.07, 6.45) is 0.944. The molecule has 0 heterocycles. The molecule has 5 nitrogen and oxygen atoms in total. The molecule has 0 unspecified atom stereocenters. The summed E-state index contributed by atoms with van der Waals surface area (Å²) in [6.45, 7) is 1.43. The quantitative estimate of drug-likeness (QED) is 0.890. The van der Waals surface area contributed by atoms with E-state index in [0.29, 0.717) is 29.8 Å². The molecule has 2 aromatic rings. The zero-order valence-corrected chi connectivity index (χ0v) is 12.8. The summed E-state index contributed by atoms with van der Waals surface area (Å²) in [5.74, 6) is -0.261. The third-order valence-corrected chi connectivity index (χ3v) is 3.19. The Hall–Kier alpha value is -3.13. The molecule has 0 aliphatic heterocycles. The van der Waals surface area contributed by atoms with Gasteiger partial charge in [0.25, 0.3) is 0 Å². The van der Waals surface area contributed by atoms with E-state index in [9.17, 15) is 9.59 Å². The predicted molar refractivity (Wildman–Crippen MR) is 88.9 cm³/mol. The van der Waals surface area contributed by atoms with Crippen LogP contribution in [0.2, 0.25) is 0 Å². The second-order valence-corrected chi connectivity index (χ2v) is 5.12. The number of anilines is 2. The monoisotopic (exact) mass is 307 g/mol. The molecule has 0 bridgehead atoms. The molecule has 2 rings (SSSR count). The van der Waals surface area contributed by atoms with Crippen molar-refractivity contribution in [2.24, 2.45) is 0 Å². The van der Waals surface area contributed by atoms with Gasteiger partial charge in [-0.15, -0.1) is 0 Å². The second kappa shape index (κ2) is 7.76. The number of nitrogens with zero attached hydrogens (tertiary/aromatic N) is 1. The Morgan fingerprint density at radius 3 is 2.30 bits per heavy atom. The van der Waals surface area contributed by atoms with Gasteiger partial charge in [0.1, 0.15) is 0 Å². The van der Waals surface area contributed by atoms with Crippen LogP contribution >= 0.6 is 0 Å². The average molecular weight is 307 g/mol. The minimum atomic E-state index is -0.158. The summed E-state index contributed by atoms with van der Waals surface area (Å²) in [7, 11) is 0. The molecule has 2 amide bonds. The van der Waals surface area contributed by atoms with E-state index in [2.05, 4.69) is 16.7 Å². The fourth-order valence-electron chi connectivity index (χ4n) is 2.11. The molecule has 0 saturated heterocycles. The highest BCUT2D eigenvalue weighted by atomic mass is 16.2. The summed E-state index contributed by atoms with van der Waals surface area (Å²) in [6, 6.07) is 16.2. The largest absolute Gasteiger partial charge is 0.326 e. The molecule has 0 fully saturated rings. The van der Waals surface area contributed by atoms with Gasteiger partial charge >= 0.3 is 0 Å². The molecule has 0 atom stereocenters. The third kappa shape index (κ3) is 5.29. The first-order valence-corrected chi connectivity index (χ1v) is 7.23. The first-order valence-electron chi connectivity index (χ1n) is 7.23. The lowest BCUT2D eigenvalue weighted by atomic mass is 10.1. The molecule has 0 spiro atoms. The van der Waals surface area contributed by atoms with Crippen LogP contribution in [0.4, 0.5) is 11.4 Å². The molecule has 0 saturated carbocycles. The Labute approximate surface area is 134 Å². The summed E-state index contributed by atoms with van der Waals surface area (Å²) in [5.41, 5.74) is 2.89. The highest BCUT2D eigenvalue weighted by Gasteiger charge is 2.05. The van der Waals surface area contributed by atoms with Crippen molar-refractivity contribution in [2.75, 3.05) is 10.6 Å². The topological polar surface area (TPSA) is 82.0 Å². The van der Waals surface area contributed by atoms with Crippen molar-refractivity contribution in [1.29, 1.82) is 5.26 Å². The van der Waals surface area contributed by atoms with Crippen LogP contribution in [0.1, 0.15) is 24.5 Å². The van der Waals surface area contributed by atoms with Gasteiger partial charge in [-0.2, -0.15) is 5.26 Å². The highest BCUT2D eigenvalue weighted by Crippen LogP contribution is 2.15. The van der Waals surface area contributed by atoms with E-state index in [4.69, 9.17) is 5.26 Å². The molecule has 0 aliphatic carbocycles. The van der Waals surface area contributed by atoms with Crippen molar-refractivity contribution < 1.29 is 9.59 Å². The van der Waals surface area contributed by atoms with E-state index in [1.54, 1.807) is 36.4 Å². The van der Waals surface area contributed by atoms with Gasteiger partial charge in [0, 0.05) is 24.7 Å². The van der Waals surface area contributed by atoms with Crippen molar-refractivity contribution in [3.8, 4) is 6.07 Å². The van der Waals surface area contributed by atoms with Crippen LogP contribution in [0.25, 0.3) is 0 Å². The fourth-order valence-corrected chi connectivity index (χ4v) is 2.11. The summed E-state index contributed by atoms with van der Waals surface area (Å²) < 4.78 is 0. The van der Waals surface area contributed by atoms with E-state index in [1.807, 2.05) is 12.1 Å². The molecular weight excluding hydrogens is 290 g/mol.